The van der Waals surface area contributed by atoms with Gasteiger partial charge in [0.15, 0.2) is 29.9 Å². The number of carbonyl (C=O) groups excluding carboxylic acids is 6. The maximum Gasteiger partial charge on any atom is 0.342 e. The van der Waals surface area contributed by atoms with Crippen molar-refractivity contribution in [2.45, 2.75) is 156 Å². The number of aliphatic hydroxyl groups is 4. The molecule has 0 radical (unpaired) electrons. The van der Waals surface area contributed by atoms with Crippen molar-refractivity contribution in [1.82, 2.24) is 0 Å². The molecule has 0 bridgehead atoms. The van der Waals surface area contributed by atoms with Crippen molar-refractivity contribution in [3.63, 3.8) is 0 Å². The molecule has 5 aromatic rings. The molecule has 5 aromatic carbocycles. The van der Waals surface area contributed by atoms with Gasteiger partial charge in [0.25, 0.3) is 0 Å². The summed E-state index contributed by atoms with van der Waals surface area (Å²) >= 11 is 0. The number of carbonyl (C=O) groups is 6. The average Bonchev–Trinajstić information content (AvgIpc) is 1.80. The summed E-state index contributed by atoms with van der Waals surface area (Å²) in [5.74, 6) is -3.88. The summed E-state index contributed by atoms with van der Waals surface area (Å²) in [5.41, 5.74) is 2.90. The molecule has 0 aromatic heterocycles. The van der Waals surface area contributed by atoms with Crippen LogP contribution in [0, 0.1) is 17.8 Å². The van der Waals surface area contributed by atoms with E-state index in [9.17, 15) is 64.5 Å². The topological polar surface area (TPSA) is 346 Å². The third-order valence-electron chi connectivity index (χ3n) is 17.0. The van der Waals surface area contributed by atoms with Crippen LogP contribution in [0.25, 0.3) is 18.2 Å². The number of hydrogen-bond acceptors (Lipinski definition) is 24. The number of benzene rings is 5. The minimum Gasteiger partial charge on any atom is -0.508 e. The zero-order valence-electron chi connectivity index (χ0n) is 58.8. The van der Waals surface area contributed by atoms with Crippen molar-refractivity contribution in [2.75, 3.05) is 28.1 Å². The number of phenols is 3. The van der Waals surface area contributed by atoms with Gasteiger partial charge in [-0.1, -0.05) is 107 Å². The lowest BCUT2D eigenvalue weighted by Gasteiger charge is -2.21. The Morgan fingerprint density at radius 1 is 0.456 bits per heavy atom. The first kappa shape index (κ1) is 82.0. The maximum atomic E-state index is 13.5. The minimum absolute atomic E-state index is 0. The van der Waals surface area contributed by atoms with Crippen molar-refractivity contribution < 1.29 is 117 Å². The van der Waals surface area contributed by atoms with Crippen LogP contribution in [0.1, 0.15) is 141 Å². The van der Waals surface area contributed by atoms with Crippen LogP contribution in [0.3, 0.4) is 0 Å². The Hall–Kier alpha value is -9.92. The summed E-state index contributed by atoms with van der Waals surface area (Å²) in [6.07, 6.45) is 9.37. The number of fused-ring (bicyclic) bond motifs is 4. The van der Waals surface area contributed by atoms with Crippen LogP contribution in [0.2, 0.25) is 0 Å². The fourth-order valence-electron chi connectivity index (χ4n) is 10.5. The lowest BCUT2D eigenvalue weighted by atomic mass is 9.99. The lowest BCUT2D eigenvalue weighted by molar-refractivity contribution is -0.152. The van der Waals surface area contributed by atoms with Crippen LogP contribution in [-0.4, -0.2) is 160 Å². The van der Waals surface area contributed by atoms with E-state index in [1.54, 1.807) is 105 Å². The Labute approximate surface area is 599 Å². The average molecular weight is 1430 g/mol. The highest BCUT2D eigenvalue weighted by molar-refractivity contribution is 5.99. The molecular weight excluding hydrogens is 1330 g/mol. The molecule has 1 saturated heterocycles. The predicted octanol–water partition coefficient (Wildman–Crippen LogP) is 11.1. The molecule has 4 aliphatic rings. The molecule has 7 N–H and O–H groups in total. The lowest BCUT2D eigenvalue weighted by Crippen LogP contribution is -2.32. The van der Waals surface area contributed by atoms with Gasteiger partial charge in [-0.25, -0.2) is 14.4 Å². The number of esters is 3. The number of cyclic esters (lactones) is 3. The number of aliphatic hydroxyl groups excluding tert-OH is 4. The van der Waals surface area contributed by atoms with Gasteiger partial charge in [-0.3, -0.25) is 14.4 Å². The highest BCUT2D eigenvalue weighted by Gasteiger charge is 2.44. The first-order valence-electron chi connectivity index (χ1n) is 33.1. The maximum absolute atomic E-state index is 13.5. The molecule has 0 aliphatic carbocycles. The van der Waals surface area contributed by atoms with Gasteiger partial charge in [0.05, 0.1) is 32.5 Å². The third-order valence-corrected chi connectivity index (χ3v) is 17.0. The van der Waals surface area contributed by atoms with Crippen LogP contribution in [-0.2, 0) is 56.0 Å². The van der Waals surface area contributed by atoms with Crippen molar-refractivity contribution in [3.8, 4) is 46.0 Å². The van der Waals surface area contributed by atoms with Gasteiger partial charge in [-0.05, 0) is 142 Å². The van der Waals surface area contributed by atoms with Crippen molar-refractivity contribution >= 4 is 53.5 Å². The highest BCUT2D eigenvalue weighted by atomic mass is 16.8. The molecule has 9 rings (SSSR count). The number of phenolic OH excluding ortho intramolecular Hbond substituents is 3. The van der Waals surface area contributed by atoms with E-state index in [2.05, 4.69) is 0 Å². The second-order valence-corrected chi connectivity index (χ2v) is 25.3. The number of rotatable bonds is 11. The molecule has 0 saturated carbocycles. The summed E-state index contributed by atoms with van der Waals surface area (Å²) in [4.78, 5) is 76.0. The van der Waals surface area contributed by atoms with E-state index < -0.39 is 95.9 Å². The quantitative estimate of drug-likeness (QED) is 0.0367. The second kappa shape index (κ2) is 38.4. The summed E-state index contributed by atoms with van der Waals surface area (Å²) in [5, 5.41) is 70.5. The van der Waals surface area contributed by atoms with Gasteiger partial charge in [-0.2, -0.15) is 0 Å². The first-order valence-corrected chi connectivity index (χ1v) is 33.1. The number of ether oxygens (including phenoxy) is 11. The summed E-state index contributed by atoms with van der Waals surface area (Å²) in [6, 6.07) is 23.5. The van der Waals surface area contributed by atoms with Crippen LogP contribution < -0.4 is 23.7 Å². The van der Waals surface area contributed by atoms with Crippen molar-refractivity contribution in [1.29, 1.82) is 0 Å². The Balaban J connectivity index is 0.000000248. The minimum atomic E-state index is -1.59. The molecule has 24 nitrogen and oxygen atoms in total. The molecule has 103 heavy (non-hydrogen) atoms. The zero-order chi connectivity index (χ0) is 74.5. The van der Waals surface area contributed by atoms with Gasteiger partial charge in [0.1, 0.15) is 113 Å². The van der Waals surface area contributed by atoms with Crippen molar-refractivity contribution in [2.24, 2.45) is 17.8 Å². The van der Waals surface area contributed by atoms with Gasteiger partial charge in [0.2, 0.25) is 0 Å². The summed E-state index contributed by atoms with van der Waals surface area (Å²) in [6.45, 7) is 14.4. The molecule has 3 unspecified atom stereocenters. The van der Waals surface area contributed by atoms with Gasteiger partial charge >= 0.3 is 17.9 Å². The zero-order valence-corrected chi connectivity index (χ0v) is 58.8. The Morgan fingerprint density at radius 2 is 0.854 bits per heavy atom. The first-order chi connectivity index (χ1) is 48.5. The van der Waals surface area contributed by atoms with Gasteiger partial charge in [-0.15, -0.1) is 0 Å². The van der Waals surface area contributed by atoms with Crippen LogP contribution in [0.5, 0.6) is 46.0 Å². The molecule has 1 fully saturated rings. The van der Waals surface area contributed by atoms with E-state index in [0.29, 0.717) is 29.0 Å². The van der Waals surface area contributed by atoms with E-state index in [0.717, 1.165) is 34.8 Å². The number of ketones is 3. The molecule has 4 heterocycles. The standard InChI is InChI=1S/C32H38O9.C27H30O8.C19H22O7.CH4/c1-20-10-15-26(33)30-27(40-32(3,4)41-30)9-7-8-23-16-25(37-18-22-11-13-24(36-6)14-12-22)17-28(38-19-35-5)29(23)31(34)39-21(20)2;1-16-7-12-23(29)26(31)22(28)6-4-5-19-13-21(14-24(30)25(19)27(32)35-17(16)2)34-15-18-8-10-20(33-3)11-9-18;1-10-6-7-15(22)18(24)14(21)5-3-4-12-8-13(20)9-16(23)17(12)19(25)26-11(10)2;/h7-8,10-17,20-21,27,30H,9,18-19H2,1-6H3;4-5,7-14,16-17,22,26,28,30-31H,6,15H2,1-3H3;3-4,6-11,14,18,20-21,23-24H,5H2,1-2H3;1H4/b8-7+,15-10-;5-4+,12-7-;4-3+,7-6-;/t20-,21+,27+,30?;16-,17+,22+,26?;10-,11+,14+,18?;/m111./s1. The molecular formula is C79H94O24. The molecule has 0 amide bonds. The Morgan fingerprint density at radius 3 is 1.30 bits per heavy atom. The summed E-state index contributed by atoms with van der Waals surface area (Å²) < 4.78 is 62.0. The van der Waals surface area contributed by atoms with Crippen LogP contribution >= 0.6 is 0 Å². The molecule has 12 atom stereocenters. The van der Waals surface area contributed by atoms with E-state index >= 15 is 0 Å². The normalized spacial score (nSPS) is 26.3. The predicted molar refractivity (Wildman–Crippen MR) is 382 cm³/mol. The smallest absolute Gasteiger partial charge is 0.342 e. The largest absolute Gasteiger partial charge is 0.508 e. The van der Waals surface area contributed by atoms with E-state index in [1.165, 1.54) is 67.9 Å². The monoisotopic (exact) mass is 1430 g/mol. The fourth-order valence-corrected chi connectivity index (χ4v) is 10.5. The summed E-state index contributed by atoms with van der Waals surface area (Å²) in [7, 11) is 4.70. The Bertz CT molecular complexity index is 3920. The highest BCUT2D eigenvalue weighted by Crippen LogP contribution is 2.37. The molecule has 0 spiro atoms. The van der Waals surface area contributed by atoms with Gasteiger partial charge in [0, 0.05) is 43.1 Å². The van der Waals surface area contributed by atoms with E-state index in [-0.39, 0.29) is 103 Å². The molecule has 4 aliphatic heterocycles. The van der Waals surface area contributed by atoms with Crippen LogP contribution in [0.4, 0.5) is 0 Å². The number of hydrogen-bond donors (Lipinski definition) is 7. The van der Waals surface area contributed by atoms with E-state index in [1.807, 2.05) is 49.4 Å². The van der Waals surface area contributed by atoms with Gasteiger partial charge < -0.3 is 87.9 Å². The number of aromatic hydroxyl groups is 3. The van der Waals surface area contributed by atoms with E-state index in [4.69, 9.17) is 52.1 Å². The van der Waals surface area contributed by atoms with Crippen LogP contribution in [0.15, 0.2) is 140 Å². The van der Waals surface area contributed by atoms with Crippen molar-refractivity contribution in [3.05, 3.63) is 184 Å². The third kappa shape index (κ3) is 23.3. The fraction of sp³-hybridized carbons (Fsp3) is 0.392. The molecule has 554 valence electrons. The second-order valence-electron chi connectivity index (χ2n) is 25.3. The Kier molecular flexibility index (Phi) is 30.6. The SMILES string of the molecule is C.COCOc1cc(OCc2ccc(OC)cc2)cc2c1C(=O)O[C@@H](C)[C@H](C)/C=C\C(=O)C1OC(C)(C)O[C@H]1C/C=C/2.COc1ccc(COc2cc(O)c3c(c2)/C=C/C[C@H](O)C(O)C(=O)/C=C\[C@@H](C)[C@H](C)OC3=O)cc1.C[C@@H]1/C=C\C(=O)C(O)[C@@H](O)C/C=C/c2cc(O)cc(O)c2C(=O)O[C@H]1C. The number of methoxy groups -OCH3 is 3. The molecule has 24 heteroatoms.